The Balaban J connectivity index is 0.00000204. The second-order valence-electron chi connectivity index (χ2n) is 7.54. The standard InChI is InChI=1S/C22H22Cl4N6.2BrH/c23-19-5-3-17(21(25)9-19)11-31-15-29(13-27-31)7-1-2-8-30-14-28-32(16-30)12-18-4-6-20(24)10-22(18)26;;/h3-6,9-10,13-16H,1-2,7-8,11-12H2;2*1H/q+2;;/p-2. The maximum atomic E-state index is 6.25. The average molecular weight is 672 g/mol. The van der Waals surface area contributed by atoms with Crippen LogP contribution in [0.5, 0.6) is 0 Å². The number of unbranched alkanes of at least 4 members (excludes halogenated alkanes) is 1. The van der Waals surface area contributed by atoms with Crippen molar-refractivity contribution in [3.8, 4) is 0 Å². The predicted octanol–water partition coefficient (Wildman–Crippen LogP) is -1.15. The summed E-state index contributed by atoms with van der Waals surface area (Å²) >= 11 is 24.4. The first kappa shape index (κ1) is 29.1. The molecule has 2 aromatic heterocycles. The lowest BCUT2D eigenvalue weighted by Crippen LogP contribution is -3.00. The van der Waals surface area contributed by atoms with E-state index < -0.39 is 0 Å². The molecule has 0 aliphatic rings. The van der Waals surface area contributed by atoms with Crippen molar-refractivity contribution in [2.24, 2.45) is 0 Å². The summed E-state index contributed by atoms with van der Waals surface area (Å²) in [5, 5.41) is 11.4. The van der Waals surface area contributed by atoms with Crippen LogP contribution in [0.15, 0.2) is 61.7 Å². The van der Waals surface area contributed by atoms with Gasteiger partial charge in [0, 0.05) is 41.4 Å². The molecular weight excluding hydrogens is 650 g/mol. The predicted molar refractivity (Wildman–Crippen MR) is 125 cm³/mol. The van der Waals surface area contributed by atoms with Gasteiger partial charge >= 0.3 is 0 Å². The summed E-state index contributed by atoms with van der Waals surface area (Å²) < 4.78 is 7.91. The maximum Gasteiger partial charge on any atom is 0.265 e. The Kier molecular flexibility index (Phi) is 11.8. The smallest absolute Gasteiger partial charge is 0.265 e. The van der Waals surface area contributed by atoms with Gasteiger partial charge in [-0.3, -0.25) is 0 Å². The molecule has 12 heteroatoms. The van der Waals surface area contributed by atoms with Crippen molar-refractivity contribution in [2.75, 3.05) is 0 Å². The molecular formula is C22H22Br2Cl4N6. The first-order valence-corrected chi connectivity index (χ1v) is 11.7. The van der Waals surface area contributed by atoms with Gasteiger partial charge in [0.05, 0.1) is 13.1 Å². The number of benzene rings is 2. The highest BCUT2D eigenvalue weighted by Crippen LogP contribution is 2.22. The van der Waals surface area contributed by atoms with E-state index in [0.717, 1.165) is 37.1 Å². The number of nitrogens with zero attached hydrogens (tertiary/aromatic N) is 6. The highest BCUT2D eigenvalue weighted by molar-refractivity contribution is 6.35. The van der Waals surface area contributed by atoms with Gasteiger partial charge in [-0.1, -0.05) is 58.5 Å². The molecule has 0 aliphatic carbocycles. The Morgan fingerprint density at radius 2 is 1.06 bits per heavy atom. The Morgan fingerprint density at radius 1 is 0.647 bits per heavy atom. The van der Waals surface area contributed by atoms with E-state index in [0.29, 0.717) is 33.2 Å². The van der Waals surface area contributed by atoms with Crippen LogP contribution in [0.3, 0.4) is 0 Å². The van der Waals surface area contributed by atoms with Crippen LogP contribution in [-0.2, 0) is 26.2 Å². The van der Waals surface area contributed by atoms with E-state index in [1.807, 2.05) is 58.9 Å². The Hall–Kier alpha value is -1.16. The molecule has 0 atom stereocenters. The van der Waals surface area contributed by atoms with Gasteiger partial charge in [0.2, 0.25) is 12.7 Å². The summed E-state index contributed by atoms with van der Waals surface area (Å²) in [6.45, 7) is 3.00. The molecule has 182 valence electrons. The molecule has 0 fully saturated rings. The van der Waals surface area contributed by atoms with Crippen molar-refractivity contribution in [3.05, 3.63) is 92.9 Å². The summed E-state index contributed by atoms with van der Waals surface area (Å²) in [6, 6.07) is 11.0. The number of rotatable bonds is 9. The first-order chi connectivity index (χ1) is 15.5. The number of halogens is 6. The van der Waals surface area contributed by atoms with Crippen LogP contribution in [0.2, 0.25) is 20.1 Å². The summed E-state index contributed by atoms with van der Waals surface area (Å²) in [4.78, 5) is 0. The van der Waals surface area contributed by atoms with Crippen molar-refractivity contribution in [3.63, 3.8) is 0 Å². The summed E-state index contributed by atoms with van der Waals surface area (Å²) in [5.74, 6) is 0. The summed E-state index contributed by atoms with van der Waals surface area (Å²) in [5.41, 5.74) is 1.97. The van der Waals surface area contributed by atoms with E-state index in [-0.39, 0.29) is 34.0 Å². The van der Waals surface area contributed by atoms with Crippen molar-refractivity contribution in [1.29, 1.82) is 0 Å². The minimum absolute atomic E-state index is 0. The van der Waals surface area contributed by atoms with Gasteiger partial charge in [0.25, 0.3) is 12.7 Å². The fraction of sp³-hybridized carbons (Fsp3) is 0.273. The molecule has 2 aromatic carbocycles. The van der Waals surface area contributed by atoms with E-state index in [1.165, 1.54) is 0 Å². The average Bonchev–Trinajstić information content (AvgIpc) is 3.39. The van der Waals surface area contributed by atoms with Crippen molar-refractivity contribution < 1.29 is 43.1 Å². The third-order valence-corrected chi connectivity index (χ3v) is 6.21. The highest BCUT2D eigenvalue weighted by Gasteiger charge is 2.11. The van der Waals surface area contributed by atoms with Crippen molar-refractivity contribution >= 4 is 46.4 Å². The van der Waals surface area contributed by atoms with Crippen molar-refractivity contribution in [2.45, 2.75) is 39.0 Å². The molecule has 0 N–H and O–H groups in total. The van der Waals surface area contributed by atoms with Gasteiger partial charge in [0.15, 0.2) is 0 Å². The molecule has 6 nitrogen and oxygen atoms in total. The minimum Gasteiger partial charge on any atom is -1.00 e. The van der Waals surface area contributed by atoms with Gasteiger partial charge in [-0.25, -0.2) is 9.13 Å². The third kappa shape index (κ3) is 8.21. The zero-order valence-corrected chi connectivity index (χ0v) is 24.2. The number of aryl methyl sites for hydroxylation is 2. The topological polar surface area (TPSA) is 43.4 Å². The van der Waals surface area contributed by atoms with E-state index in [4.69, 9.17) is 46.4 Å². The Labute approximate surface area is 239 Å². The normalized spacial score (nSPS) is 10.6. The van der Waals surface area contributed by atoms with Gasteiger partial charge in [-0.15, -0.1) is 9.36 Å². The Morgan fingerprint density at radius 3 is 1.44 bits per heavy atom. The molecule has 2 heterocycles. The molecule has 34 heavy (non-hydrogen) atoms. The zero-order valence-electron chi connectivity index (χ0n) is 18.0. The molecule has 0 saturated heterocycles. The summed E-state index contributed by atoms with van der Waals surface area (Å²) in [7, 11) is 0. The van der Waals surface area contributed by atoms with Crippen molar-refractivity contribution in [1.82, 2.24) is 19.6 Å². The molecule has 0 unspecified atom stereocenters. The fourth-order valence-electron chi connectivity index (χ4n) is 3.36. The van der Waals surface area contributed by atoms with Gasteiger partial charge in [0.1, 0.15) is 13.1 Å². The molecule has 4 rings (SSSR count). The van der Waals surface area contributed by atoms with Gasteiger partial charge in [-0.2, -0.15) is 0 Å². The maximum absolute atomic E-state index is 6.25. The zero-order chi connectivity index (χ0) is 22.5. The monoisotopic (exact) mass is 668 g/mol. The van der Waals surface area contributed by atoms with E-state index >= 15 is 0 Å². The highest BCUT2D eigenvalue weighted by atomic mass is 79.9. The van der Waals surface area contributed by atoms with Crippen LogP contribution >= 0.6 is 46.4 Å². The molecule has 0 saturated carbocycles. The number of aromatic nitrogens is 6. The summed E-state index contributed by atoms with van der Waals surface area (Å²) in [6.07, 6.45) is 9.71. The van der Waals surface area contributed by atoms with Crippen LogP contribution in [0.4, 0.5) is 0 Å². The van der Waals surface area contributed by atoms with Crippen LogP contribution in [-0.4, -0.2) is 19.6 Å². The molecule has 0 spiro atoms. The lowest BCUT2D eigenvalue weighted by Gasteiger charge is -2.01. The van der Waals surface area contributed by atoms with E-state index in [1.54, 1.807) is 12.1 Å². The second-order valence-corrected chi connectivity index (χ2v) is 9.23. The fourth-order valence-corrected chi connectivity index (χ4v) is 4.30. The van der Waals surface area contributed by atoms with Crippen LogP contribution in [0.1, 0.15) is 24.0 Å². The Bertz CT molecular complexity index is 1120. The molecule has 0 bridgehead atoms. The largest absolute Gasteiger partial charge is 1.00 e. The van der Waals surface area contributed by atoms with Crippen LogP contribution in [0, 0.1) is 0 Å². The molecule has 4 aromatic rings. The molecule has 0 radical (unpaired) electrons. The van der Waals surface area contributed by atoms with Crippen LogP contribution in [0.25, 0.3) is 0 Å². The minimum atomic E-state index is 0. The molecule has 0 amide bonds. The molecule has 0 aliphatic heterocycles. The van der Waals surface area contributed by atoms with Gasteiger partial charge in [-0.05, 0) is 37.1 Å². The van der Waals surface area contributed by atoms with Crippen LogP contribution < -0.4 is 43.1 Å². The van der Waals surface area contributed by atoms with Gasteiger partial charge < -0.3 is 34.0 Å². The lowest BCUT2D eigenvalue weighted by molar-refractivity contribution is -0.708. The SMILES string of the molecule is Clc1ccc(Cn2c[n+](CCCC[n+]3cnn(Cc4ccc(Cl)cc4Cl)c3)cn2)c(Cl)c1.[Br-].[Br-]. The second kappa shape index (κ2) is 13.8. The van der Waals surface area contributed by atoms with E-state index in [9.17, 15) is 0 Å². The quantitative estimate of drug-likeness (QED) is 0.167. The lowest BCUT2D eigenvalue weighted by atomic mass is 10.2. The third-order valence-electron chi connectivity index (χ3n) is 5.04. The first-order valence-electron chi connectivity index (χ1n) is 10.2. The number of hydrogen-bond acceptors (Lipinski definition) is 2. The number of hydrogen-bond donors (Lipinski definition) is 0. The van der Waals surface area contributed by atoms with E-state index in [2.05, 4.69) is 19.3 Å².